The second-order valence-electron chi connectivity index (χ2n) is 24.3. The van der Waals surface area contributed by atoms with Crippen LogP contribution in [0, 0.1) is 47.3 Å². The Balaban J connectivity index is -0.0000000946. The summed E-state index contributed by atoms with van der Waals surface area (Å²) in [6, 6.07) is 21.9. The molecule has 3 aromatic carbocycles. The molecule has 5 rings (SSSR count). The number of hydrogen-bond acceptors (Lipinski definition) is 17. The lowest BCUT2D eigenvalue weighted by atomic mass is 9.94. The van der Waals surface area contributed by atoms with Crippen molar-refractivity contribution in [2.45, 2.75) is 265 Å². The highest BCUT2D eigenvalue weighted by atomic mass is 16.3. The fourth-order valence-electron chi connectivity index (χ4n) is 8.06. The number of phenols is 1. The number of carbonyl (C=O) groups is 7. The normalized spacial score (nSPS) is 13.7. The first-order valence-corrected chi connectivity index (χ1v) is 30.1. The largest absolute Gasteiger partial charge is 0.508 e. The number of nitrogens with two attached hydrogens (primary N) is 6. The Hall–Kier alpha value is -5.67. The first-order chi connectivity index (χ1) is 39.4. The van der Waals surface area contributed by atoms with Crippen LogP contribution in [0.1, 0.15) is 214 Å². The molecule has 4 aromatic rings. The molecule has 0 saturated carbocycles. The Morgan fingerprint density at radius 1 is 0.447 bits per heavy atom. The molecule has 0 aliphatic carbocycles. The third kappa shape index (κ3) is 45.7. The van der Waals surface area contributed by atoms with Gasteiger partial charge in [-0.1, -0.05) is 238 Å². The number of ketones is 7. The number of aliphatic hydroxyl groups is 2. The summed E-state index contributed by atoms with van der Waals surface area (Å²) in [4.78, 5) is 82.3. The van der Waals surface area contributed by atoms with Crippen molar-refractivity contribution in [3.05, 3.63) is 102 Å². The number of fused-ring (bicyclic) bond motifs is 1. The first kappa shape index (κ1) is 113. The van der Waals surface area contributed by atoms with Crippen molar-refractivity contribution in [1.82, 2.24) is 10.3 Å². The van der Waals surface area contributed by atoms with Crippen LogP contribution >= 0.6 is 0 Å². The van der Waals surface area contributed by atoms with Gasteiger partial charge in [0.05, 0.1) is 55.0 Å². The average Bonchev–Trinajstić information content (AvgIpc) is 1.82. The molecule has 0 radical (unpaired) electrons. The van der Waals surface area contributed by atoms with Gasteiger partial charge >= 0.3 is 0 Å². The van der Waals surface area contributed by atoms with Crippen molar-refractivity contribution in [2.75, 3.05) is 13.2 Å². The molecule has 17 N–H and O–H groups in total. The number of phenolic OH excluding ortho intramolecular Hbond substituents is 1. The smallest absolute Gasteiger partial charge is 0.154 e. The molecule has 0 spiro atoms. The van der Waals surface area contributed by atoms with E-state index in [4.69, 9.17) is 49.7 Å². The number of aliphatic hydroxyl groups excluding tert-OH is 2. The topological polar surface area (TPSA) is 364 Å². The second-order valence-corrected chi connectivity index (χ2v) is 24.3. The van der Waals surface area contributed by atoms with Crippen LogP contribution in [0.4, 0.5) is 0 Å². The fourth-order valence-corrected chi connectivity index (χ4v) is 8.06. The summed E-state index contributed by atoms with van der Waals surface area (Å²) in [5, 5.41) is 30.7. The molecule has 94 heavy (non-hydrogen) atoms. The van der Waals surface area contributed by atoms with Crippen LogP contribution in [-0.2, 0) is 52.8 Å². The maximum absolute atomic E-state index is 11.8. The van der Waals surface area contributed by atoms with Gasteiger partial charge < -0.3 is 60.0 Å². The molecular formula is C76H148N8O10. The van der Waals surface area contributed by atoms with E-state index >= 15 is 0 Å². The van der Waals surface area contributed by atoms with Crippen LogP contribution in [0.15, 0.2) is 85.1 Å². The maximum Gasteiger partial charge on any atom is 0.154 e. The van der Waals surface area contributed by atoms with Gasteiger partial charge in [-0.2, -0.15) is 0 Å². The minimum Gasteiger partial charge on any atom is -0.508 e. The van der Waals surface area contributed by atoms with Crippen molar-refractivity contribution in [3.8, 4) is 5.75 Å². The minimum absolute atomic E-state index is 0. The van der Waals surface area contributed by atoms with Gasteiger partial charge in [0, 0.05) is 58.5 Å². The summed E-state index contributed by atoms with van der Waals surface area (Å²) in [6.45, 7) is 32.2. The maximum atomic E-state index is 11.8. The third-order valence-electron chi connectivity index (χ3n) is 13.7. The van der Waals surface area contributed by atoms with Crippen molar-refractivity contribution in [2.24, 2.45) is 81.7 Å². The van der Waals surface area contributed by atoms with Gasteiger partial charge in [0.25, 0.3) is 0 Å². The number of aromatic hydroxyl groups is 1. The summed E-state index contributed by atoms with van der Waals surface area (Å²) in [6.07, 6.45) is 5.16. The molecular weight excluding hydrogens is 1180 g/mol. The van der Waals surface area contributed by atoms with E-state index < -0.39 is 30.3 Å². The summed E-state index contributed by atoms with van der Waals surface area (Å²) in [7, 11) is 0. The Bertz CT molecular complexity index is 2480. The summed E-state index contributed by atoms with van der Waals surface area (Å²) >= 11 is 0. The van der Waals surface area contributed by atoms with Gasteiger partial charge in [-0.25, -0.2) is 0 Å². The molecule has 18 nitrogen and oxygen atoms in total. The van der Waals surface area contributed by atoms with Crippen molar-refractivity contribution in [1.29, 1.82) is 0 Å². The fraction of sp³-hybridized carbons (Fsp3) is 0.645. The SMILES string of the molecule is C.C.C.C.C.C.C.C.C.CC(C)C(=O)C(N)C(C)C.CC(C)C(=O)C(N)C(C)O.CC(C)C(=O)C(N)CO.CC(C)C(=O)C(N)Cc1c[nH]c2ccccc12.CC(C)C(=O)C(N)Cc1ccc(O)cc1.CC(C)C(=O)C(N)Cc1ccccc1.CC(C)C(=O)C1CCCN1. The Morgan fingerprint density at radius 2 is 0.798 bits per heavy atom. The molecule has 1 aliphatic rings. The van der Waals surface area contributed by atoms with Crippen LogP contribution in [0.3, 0.4) is 0 Å². The van der Waals surface area contributed by atoms with Gasteiger partial charge in [-0.3, -0.25) is 33.6 Å². The van der Waals surface area contributed by atoms with E-state index in [2.05, 4.69) is 10.3 Å². The zero-order chi connectivity index (χ0) is 66.0. The molecule has 2 heterocycles. The molecule has 8 unspecified atom stereocenters. The first-order valence-electron chi connectivity index (χ1n) is 30.1. The number of para-hydroxylation sites is 1. The number of aromatic nitrogens is 1. The quantitative estimate of drug-likeness (QED) is 0.0329. The van der Waals surface area contributed by atoms with Gasteiger partial charge in [0.15, 0.2) is 40.5 Å². The summed E-state index contributed by atoms with van der Waals surface area (Å²) in [5.74, 6) is 1.25. The van der Waals surface area contributed by atoms with Crippen LogP contribution in [0.25, 0.3) is 10.9 Å². The lowest BCUT2D eigenvalue weighted by molar-refractivity contribution is -0.125. The van der Waals surface area contributed by atoms with E-state index in [1.54, 1.807) is 52.0 Å². The van der Waals surface area contributed by atoms with Gasteiger partial charge in [0.1, 0.15) is 5.75 Å². The van der Waals surface area contributed by atoms with Crippen LogP contribution in [0.5, 0.6) is 5.75 Å². The van der Waals surface area contributed by atoms with Gasteiger partial charge in [-0.05, 0) is 86.4 Å². The molecule has 1 saturated heterocycles. The van der Waals surface area contributed by atoms with Crippen molar-refractivity contribution < 1.29 is 48.9 Å². The predicted molar refractivity (Wildman–Crippen MR) is 406 cm³/mol. The highest BCUT2D eigenvalue weighted by Gasteiger charge is 2.25. The zero-order valence-corrected chi connectivity index (χ0v) is 54.4. The number of rotatable bonds is 23. The van der Waals surface area contributed by atoms with E-state index in [1.165, 1.54) is 6.92 Å². The summed E-state index contributed by atoms with van der Waals surface area (Å²) in [5.41, 5.74) is 38.0. The molecule has 1 aromatic heterocycles. The molecule has 0 amide bonds. The molecule has 8 atom stereocenters. The lowest BCUT2D eigenvalue weighted by Crippen LogP contribution is -2.42. The highest BCUT2D eigenvalue weighted by molar-refractivity contribution is 5.89. The molecule has 1 aliphatic heterocycles. The molecule has 552 valence electrons. The molecule has 0 bridgehead atoms. The average molecular weight is 1330 g/mol. The lowest BCUT2D eigenvalue weighted by Gasteiger charge is -2.15. The monoisotopic (exact) mass is 1330 g/mol. The van der Waals surface area contributed by atoms with E-state index in [0.717, 1.165) is 47.0 Å². The van der Waals surface area contributed by atoms with E-state index in [9.17, 15) is 33.6 Å². The van der Waals surface area contributed by atoms with Crippen LogP contribution in [0.2, 0.25) is 0 Å². The number of carbonyl (C=O) groups excluding carboxylic acids is 7. The number of hydrogen-bond donors (Lipinski definition) is 11. The number of nitrogens with one attached hydrogen (secondary N) is 2. The molecule has 1 fully saturated rings. The minimum atomic E-state index is -0.741. The number of H-pyrrole nitrogens is 1. The predicted octanol–water partition coefficient (Wildman–Crippen LogP) is 12.9. The van der Waals surface area contributed by atoms with E-state index in [1.807, 2.05) is 144 Å². The van der Waals surface area contributed by atoms with E-state index in [0.29, 0.717) is 25.0 Å². The number of Topliss-reactive ketones (excluding diaryl/α,β-unsaturated/α-hetero) is 7. The van der Waals surface area contributed by atoms with Crippen LogP contribution in [-0.4, -0.2) is 122 Å². The zero-order valence-electron chi connectivity index (χ0n) is 54.4. The number of benzene rings is 3. The highest BCUT2D eigenvalue weighted by Crippen LogP contribution is 2.20. The Labute approximate surface area is 575 Å². The van der Waals surface area contributed by atoms with E-state index in [-0.39, 0.29) is 179 Å². The van der Waals surface area contributed by atoms with Gasteiger partial charge in [0.2, 0.25) is 0 Å². The van der Waals surface area contributed by atoms with Crippen LogP contribution < -0.4 is 39.7 Å². The second kappa shape index (κ2) is 59.8. The number of aromatic amines is 1. The molecule has 18 heteroatoms. The van der Waals surface area contributed by atoms with Crippen molar-refractivity contribution in [3.63, 3.8) is 0 Å². The Morgan fingerprint density at radius 3 is 1.11 bits per heavy atom. The van der Waals surface area contributed by atoms with Gasteiger partial charge in [-0.15, -0.1) is 0 Å². The third-order valence-corrected chi connectivity index (χ3v) is 13.7. The van der Waals surface area contributed by atoms with Crippen molar-refractivity contribution >= 4 is 51.4 Å². The summed E-state index contributed by atoms with van der Waals surface area (Å²) < 4.78 is 0. The Kier molecular flexibility index (Phi) is 71.7. The standard InChI is InChI=1S/C14H18N2O.C12H17NO2.C12H17NO.C8H15NO.C8H17NO.C7H15NO2.C6H13NO2.9CH4/c1-9(2)14(17)12(15)7-10-8-16-13-6-4-3-5-11(10)13;1-8(2)12(15)11(13)7-9-3-5-10(14)6-4-9;1-9(2)12(14)11(13)8-10-6-4-3-5-7-10;1-6(2)8(10)7-4-3-5-9-7;1-5(2)7(9)8(10)6(3)4;1-4(2)7(10)6(8)5(3)9;1-4(2)6(9)5(7)3-8;;;;;;;;;/h3-6,8-9,12,16H,7,15H2,1-2H3;3-6,8,11,14H,7,13H2,1-2H3;3-7,9,11H,8,13H2,1-2H3;6-7,9H,3-5H2,1-2H3;5-7H,9H2,1-4H3;4-6,9H,8H2,1-3H3;4-5,8H,3,7H2,1-2H3;9*1H4.